The van der Waals surface area contributed by atoms with E-state index in [9.17, 15) is 9.90 Å². The fraction of sp³-hybridized carbons (Fsp3) is 0.357. The molecule has 0 aliphatic carbocycles. The molecule has 0 radical (unpaired) electrons. The summed E-state index contributed by atoms with van der Waals surface area (Å²) in [4.78, 5) is 11.9. The molecule has 3 nitrogen and oxygen atoms in total. The molecule has 0 bridgehead atoms. The van der Waals surface area contributed by atoms with E-state index in [0.29, 0.717) is 11.5 Å². The van der Waals surface area contributed by atoms with Gasteiger partial charge in [-0.2, -0.15) is 0 Å². The molecule has 2 atom stereocenters. The maximum atomic E-state index is 11.9. The maximum Gasteiger partial charge on any atom is 0.207 e. The van der Waals surface area contributed by atoms with Crippen molar-refractivity contribution in [2.45, 2.75) is 25.2 Å². The van der Waals surface area contributed by atoms with E-state index in [-0.39, 0.29) is 11.0 Å². The largest absolute Gasteiger partial charge is 0.453 e. The number of hydrogen-bond donors (Lipinski definition) is 1. The van der Waals surface area contributed by atoms with Crippen molar-refractivity contribution in [1.82, 2.24) is 0 Å². The van der Waals surface area contributed by atoms with E-state index >= 15 is 0 Å². The third-order valence-electron chi connectivity index (χ3n) is 2.86. The van der Waals surface area contributed by atoms with Crippen molar-refractivity contribution in [3.8, 4) is 0 Å². The first-order valence-corrected chi connectivity index (χ1v) is 6.94. The van der Waals surface area contributed by atoms with Gasteiger partial charge in [-0.05, 0) is 19.1 Å². The average Bonchev–Trinajstić information content (AvgIpc) is 2.79. The van der Waals surface area contributed by atoms with Gasteiger partial charge in [0.1, 0.15) is 5.58 Å². The Morgan fingerprint density at radius 1 is 1.39 bits per heavy atom. The summed E-state index contributed by atoms with van der Waals surface area (Å²) in [5.41, 5.74) is 0.731. The van der Waals surface area contributed by atoms with E-state index in [1.165, 1.54) is 11.8 Å². The molecule has 0 amide bonds. The van der Waals surface area contributed by atoms with Crippen LogP contribution in [0, 0.1) is 0 Å². The lowest BCUT2D eigenvalue weighted by Gasteiger charge is -2.12. The molecule has 0 saturated carbocycles. The molecule has 18 heavy (non-hydrogen) atoms. The van der Waals surface area contributed by atoms with Crippen LogP contribution >= 0.6 is 11.8 Å². The normalized spacial score (nSPS) is 14.6. The van der Waals surface area contributed by atoms with Gasteiger partial charge in [0.2, 0.25) is 5.78 Å². The Balaban J connectivity index is 2.05. The average molecular weight is 264 g/mol. The van der Waals surface area contributed by atoms with Crippen molar-refractivity contribution in [1.29, 1.82) is 0 Å². The molecule has 0 saturated heterocycles. The third-order valence-corrected chi connectivity index (χ3v) is 4.21. The fourth-order valence-corrected chi connectivity index (χ4v) is 2.37. The van der Waals surface area contributed by atoms with Crippen LogP contribution in [0.4, 0.5) is 0 Å². The summed E-state index contributed by atoms with van der Waals surface area (Å²) in [7, 11) is 0. The monoisotopic (exact) mass is 264 g/mol. The van der Waals surface area contributed by atoms with Gasteiger partial charge >= 0.3 is 0 Å². The van der Waals surface area contributed by atoms with Gasteiger partial charge in [0, 0.05) is 10.6 Å². The molecule has 1 N–H and O–H groups in total. The van der Waals surface area contributed by atoms with Crippen LogP contribution in [-0.4, -0.2) is 28.0 Å². The highest BCUT2D eigenvalue weighted by molar-refractivity contribution is 8.00. The van der Waals surface area contributed by atoms with E-state index in [0.717, 1.165) is 11.0 Å². The lowest BCUT2D eigenvalue weighted by Crippen LogP contribution is -2.17. The number of rotatable bonds is 5. The standard InChI is InChI=1S/C14H16O3S/c1-9(15)10(2)18-8-12(16)14-7-11-5-3-4-6-13(11)17-14/h3-7,9-10,15H,8H2,1-2H3. The van der Waals surface area contributed by atoms with Crippen LogP contribution in [0.1, 0.15) is 24.4 Å². The van der Waals surface area contributed by atoms with Gasteiger partial charge in [-0.1, -0.05) is 25.1 Å². The van der Waals surface area contributed by atoms with E-state index in [4.69, 9.17) is 4.42 Å². The third kappa shape index (κ3) is 2.94. The van der Waals surface area contributed by atoms with Crippen LogP contribution < -0.4 is 0 Å². The number of para-hydroxylation sites is 1. The number of aliphatic hydroxyl groups is 1. The number of Topliss-reactive ketones (excluding diaryl/α,β-unsaturated/α-hetero) is 1. The lowest BCUT2D eigenvalue weighted by molar-refractivity contribution is 0.0994. The number of hydrogen-bond acceptors (Lipinski definition) is 4. The van der Waals surface area contributed by atoms with Crippen LogP contribution in [0.15, 0.2) is 34.7 Å². The number of aliphatic hydroxyl groups excluding tert-OH is 1. The highest BCUT2D eigenvalue weighted by Gasteiger charge is 2.16. The summed E-state index contributed by atoms with van der Waals surface area (Å²) in [6.07, 6.45) is -0.418. The molecule has 4 heteroatoms. The Morgan fingerprint density at radius 2 is 2.11 bits per heavy atom. The van der Waals surface area contributed by atoms with Crippen LogP contribution in [0.5, 0.6) is 0 Å². The second-order valence-corrected chi connectivity index (χ2v) is 5.69. The quantitative estimate of drug-likeness (QED) is 0.843. The summed E-state index contributed by atoms with van der Waals surface area (Å²) >= 11 is 1.44. The van der Waals surface area contributed by atoms with Crippen molar-refractivity contribution in [3.63, 3.8) is 0 Å². The van der Waals surface area contributed by atoms with Gasteiger partial charge in [0.25, 0.3) is 0 Å². The van der Waals surface area contributed by atoms with Gasteiger partial charge in [-0.25, -0.2) is 0 Å². The van der Waals surface area contributed by atoms with Crippen molar-refractivity contribution < 1.29 is 14.3 Å². The number of ketones is 1. The first kappa shape index (κ1) is 13.2. The zero-order valence-electron chi connectivity index (χ0n) is 10.4. The minimum Gasteiger partial charge on any atom is -0.453 e. The second kappa shape index (κ2) is 5.59. The Hall–Kier alpha value is -1.26. The van der Waals surface area contributed by atoms with Crippen molar-refractivity contribution in [2.24, 2.45) is 0 Å². The molecule has 2 rings (SSSR count). The predicted octanol–water partition coefficient (Wildman–Crippen LogP) is 3.12. The summed E-state index contributed by atoms with van der Waals surface area (Å²) in [5.74, 6) is 0.677. The smallest absolute Gasteiger partial charge is 0.207 e. The lowest BCUT2D eigenvalue weighted by atomic mass is 10.2. The Kier molecular flexibility index (Phi) is 4.09. The number of fused-ring (bicyclic) bond motifs is 1. The second-order valence-electron chi connectivity index (χ2n) is 4.33. The molecule has 96 valence electrons. The molecule has 2 unspecified atom stereocenters. The van der Waals surface area contributed by atoms with E-state index in [2.05, 4.69) is 0 Å². The zero-order chi connectivity index (χ0) is 13.1. The minimum absolute atomic E-state index is 0.0382. The van der Waals surface area contributed by atoms with Gasteiger partial charge in [-0.15, -0.1) is 11.8 Å². The van der Waals surface area contributed by atoms with Gasteiger partial charge in [-0.3, -0.25) is 4.79 Å². The topological polar surface area (TPSA) is 50.4 Å². The van der Waals surface area contributed by atoms with Gasteiger partial charge in [0.05, 0.1) is 11.9 Å². The fourth-order valence-electron chi connectivity index (χ4n) is 1.54. The molecule has 0 spiro atoms. The highest BCUT2D eigenvalue weighted by atomic mass is 32.2. The van der Waals surface area contributed by atoms with Crippen LogP contribution in [-0.2, 0) is 0 Å². The van der Waals surface area contributed by atoms with Crippen LogP contribution in [0.25, 0.3) is 11.0 Å². The molecule has 2 aromatic rings. The Morgan fingerprint density at radius 3 is 2.78 bits per heavy atom. The number of carbonyl (C=O) groups excluding carboxylic acids is 1. The maximum absolute atomic E-state index is 11.9. The number of thioether (sulfide) groups is 1. The Bertz CT molecular complexity index is 512. The van der Waals surface area contributed by atoms with Crippen molar-refractivity contribution in [2.75, 3.05) is 5.75 Å². The first-order valence-electron chi connectivity index (χ1n) is 5.89. The summed E-state index contributed by atoms with van der Waals surface area (Å²) in [5, 5.41) is 10.3. The van der Waals surface area contributed by atoms with E-state index in [1.54, 1.807) is 13.0 Å². The SMILES string of the molecule is CC(O)C(C)SCC(=O)c1cc2ccccc2o1. The molecule has 1 aromatic heterocycles. The Labute approximate surface area is 110 Å². The zero-order valence-corrected chi connectivity index (χ0v) is 11.2. The van der Waals surface area contributed by atoms with Crippen molar-refractivity contribution in [3.05, 3.63) is 36.1 Å². The number of furan rings is 1. The number of carbonyl (C=O) groups is 1. The van der Waals surface area contributed by atoms with Gasteiger partial charge in [0.15, 0.2) is 5.76 Å². The van der Waals surface area contributed by atoms with Crippen molar-refractivity contribution >= 4 is 28.5 Å². The molecular formula is C14H16O3S. The molecule has 0 aliphatic rings. The summed E-state index contributed by atoms with van der Waals surface area (Å²) in [6.45, 7) is 3.63. The molecule has 1 heterocycles. The van der Waals surface area contributed by atoms with E-state index in [1.807, 2.05) is 31.2 Å². The van der Waals surface area contributed by atoms with E-state index < -0.39 is 6.10 Å². The first-order chi connectivity index (χ1) is 8.58. The number of benzene rings is 1. The molecular weight excluding hydrogens is 248 g/mol. The summed E-state index contributed by atoms with van der Waals surface area (Å²) < 4.78 is 5.50. The minimum atomic E-state index is -0.418. The van der Waals surface area contributed by atoms with Crippen LogP contribution in [0.2, 0.25) is 0 Å². The van der Waals surface area contributed by atoms with Crippen LogP contribution in [0.3, 0.4) is 0 Å². The highest BCUT2D eigenvalue weighted by Crippen LogP contribution is 2.21. The molecule has 0 aliphatic heterocycles. The summed E-state index contributed by atoms with van der Waals surface area (Å²) in [6, 6.07) is 9.32. The predicted molar refractivity (Wildman–Crippen MR) is 74.1 cm³/mol. The van der Waals surface area contributed by atoms with Gasteiger partial charge < -0.3 is 9.52 Å². The molecule has 1 aromatic carbocycles. The molecule has 0 fully saturated rings.